The fourth-order valence-electron chi connectivity index (χ4n) is 2.64. The molecule has 2 aromatic rings. The topological polar surface area (TPSA) is 0 Å². The normalized spacial score (nSPS) is 12.4. The molecule has 0 bridgehead atoms. The SMILES string of the molecule is CCCCCc1cccc(C(CF)c2ccc(F)c(F)c2)c1. The van der Waals surface area contributed by atoms with Crippen molar-refractivity contribution in [3.63, 3.8) is 0 Å². The second-order valence-electron chi connectivity index (χ2n) is 5.58. The molecule has 22 heavy (non-hydrogen) atoms. The maximum absolute atomic E-state index is 13.5. The number of halogens is 3. The molecule has 2 rings (SSSR count). The lowest BCUT2D eigenvalue weighted by atomic mass is 9.90. The summed E-state index contributed by atoms with van der Waals surface area (Å²) >= 11 is 0. The summed E-state index contributed by atoms with van der Waals surface area (Å²) in [5.41, 5.74) is 2.43. The fraction of sp³-hybridized carbons (Fsp3) is 0.368. The van der Waals surface area contributed by atoms with Crippen LogP contribution >= 0.6 is 0 Å². The minimum Gasteiger partial charge on any atom is -0.250 e. The van der Waals surface area contributed by atoms with Crippen molar-refractivity contribution in [2.75, 3.05) is 6.67 Å². The summed E-state index contributed by atoms with van der Waals surface area (Å²) in [6.07, 6.45) is 4.38. The van der Waals surface area contributed by atoms with E-state index in [1.54, 1.807) is 0 Å². The number of unbranched alkanes of at least 4 members (excludes halogenated alkanes) is 2. The van der Waals surface area contributed by atoms with Gasteiger partial charge in [-0.15, -0.1) is 0 Å². The van der Waals surface area contributed by atoms with Crippen molar-refractivity contribution < 1.29 is 13.2 Å². The average molecular weight is 306 g/mol. The molecule has 118 valence electrons. The Kier molecular flexibility index (Phi) is 6.05. The Labute approximate surface area is 130 Å². The molecule has 1 unspecified atom stereocenters. The highest BCUT2D eigenvalue weighted by atomic mass is 19.2. The number of alkyl halides is 1. The van der Waals surface area contributed by atoms with Gasteiger partial charge in [0.05, 0.1) is 0 Å². The molecular formula is C19H21F3. The van der Waals surface area contributed by atoms with Crippen molar-refractivity contribution in [1.82, 2.24) is 0 Å². The Morgan fingerprint density at radius 1 is 0.909 bits per heavy atom. The van der Waals surface area contributed by atoms with Crippen LogP contribution in [-0.2, 0) is 6.42 Å². The third kappa shape index (κ3) is 4.12. The van der Waals surface area contributed by atoms with Gasteiger partial charge in [0, 0.05) is 5.92 Å². The van der Waals surface area contributed by atoms with E-state index in [0.29, 0.717) is 5.56 Å². The van der Waals surface area contributed by atoms with E-state index in [0.717, 1.165) is 42.5 Å². The second-order valence-corrected chi connectivity index (χ2v) is 5.58. The van der Waals surface area contributed by atoms with Crippen molar-refractivity contribution in [3.8, 4) is 0 Å². The summed E-state index contributed by atoms with van der Waals surface area (Å²) in [5, 5.41) is 0. The third-order valence-electron chi connectivity index (χ3n) is 3.92. The standard InChI is InChI=1S/C19H21F3/c1-2-3-4-6-14-7-5-8-15(11-14)17(13-20)16-9-10-18(21)19(22)12-16/h5,7-12,17H,2-4,6,13H2,1H3. The molecule has 1 atom stereocenters. The van der Waals surface area contributed by atoms with E-state index in [9.17, 15) is 13.2 Å². The molecule has 0 aromatic heterocycles. The quantitative estimate of drug-likeness (QED) is 0.567. The number of benzene rings is 2. The van der Waals surface area contributed by atoms with E-state index >= 15 is 0 Å². The Bertz CT molecular complexity index is 607. The van der Waals surface area contributed by atoms with Gasteiger partial charge in [-0.1, -0.05) is 50.1 Å². The molecule has 0 aliphatic rings. The highest BCUT2D eigenvalue weighted by Gasteiger charge is 2.16. The van der Waals surface area contributed by atoms with E-state index in [4.69, 9.17) is 0 Å². The Morgan fingerprint density at radius 3 is 2.36 bits per heavy atom. The van der Waals surface area contributed by atoms with Crippen LogP contribution in [0.4, 0.5) is 13.2 Å². The lowest BCUT2D eigenvalue weighted by Gasteiger charge is -2.16. The van der Waals surface area contributed by atoms with Crippen LogP contribution in [0.15, 0.2) is 42.5 Å². The van der Waals surface area contributed by atoms with Gasteiger partial charge < -0.3 is 0 Å². The third-order valence-corrected chi connectivity index (χ3v) is 3.92. The zero-order valence-electron chi connectivity index (χ0n) is 12.8. The van der Waals surface area contributed by atoms with Crippen molar-refractivity contribution in [1.29, 1.82) is 0 Å². The number of aryl methyl sites for hydroxylation is 1. The van der Waals surface area contributed by atoms with E-state index in [1.807, 2.05) is 24.3 Å². The number of hydrogen-bond donors (Lipinski definition) is 0. The first-order valence-corrected chi connectivity index (χ1v) is 7.75. The molecule has 0 aliphatic carbocycles. The van der Waals surface area contributed by atoms with Gasteiger partial charge in [0.1, 0.15) is 6.67 Å². The van der Waals surface area contributed by atoms with Crippen LogP contribution in [0.3, 0.4) is 0 Å². The molecule has 0 fully saturated rings. The van der Waals surface area contributed by atoms with Gasteiger partial charge >= 0.3 is 0 Å². The van der Waals surface area contributed by atoms with Gasteiger partial charge in [0.15, 0.2) is 11.6 Å². The van der Waals surface area contributed by atoms with E-state index < -0.39 is 24.2 Å². The lowest BCUT2D eigenvalue weighted by molar-refractivity contribution is 0.456. The summed E-state index contributed by atoms with van der Waals surface area (Å²) in [6, 6.07) is 11.3. The zero-order valence-corrected chi connectivity index (χ0v) is 12.8. The van der Waals surface area contributed by atoms with Gasteiger partial charge in [-0.05, 0) is 41.7 Å². The van der Waals surface area contributed by atoms with Crippen LogP contribution < -0.4 is 0 Å². The Hall–Kier alpha value is -1.77. The summed E-state index contributed by atoms with van der Waals surface area (Å²) in [7, 11) is 0. The van der Waals surface area contributed by atoms with Crippen molar-refractivity contribution in [2.24, 2.45) is 0 Å². The summed E-state index contributed by atoms with van der Waals surface area (Å²) < 4.78 is 39.9. The van der Waals surface area contributed by atoms with E-state index in [2.05, 4.69) is 6.92 Å². The molecule has 0 nitrogen and oxygen atoms in total. The van der Waals surface area contributed by atoms with Crippen LogP contribution in [0.25, 0.3) is 0 Å². The molecule has 0 heterocycles. The molecule has 0 aliphatic heterocycles. The summed E-state index contributed by atoms with van der Waals surface area (Å²) in [4.78, 5) is 0. The van der Waals surface area contributed by atoms with Crippen LogP contribution in [-0.4, -0.2) is 6.67 Å². The van der Waals surface area contributed by atoms with Crippen molar-refractivity contribution in [2.45, 2.75) is 38.5 Å². The Balaban J connectivity index is 2.23. The predicted octanol–water partition coefficient (Wildman–Crippen LogP) is 5.80. The van der Waals surface area contributed by atoms with Crippen LogP contribution in [0.5, 0.6) is 0 Å². The molecule has 0 saturated carbocycles. The number of hydrogen-bond acceptors (Lipinski definition) is 0. The largest absolute Gasteiger partial charge is 0.250 e. The summed E-state index contributed by atoms with van der Waals surface area (Å²) in [5.74, 6) is -2.40. The van der Waals surface area contributed by atoms with Gasteiger partial charge in [-0.3, -0.25) is 4.39 Å². The van der Waals surface area contributed by atoms with Gasteiger partial charge in [0.25, 0.3) is 0 Å². The highest BCUT2D eigenvalue weighted by molar-refractivity contribution is 5.35. The molecule has 2 aromatic carbocycles. The Morgan fingerprint density at radius 2 is 1.68 bits per heavy atom. The van der Waals surface area contributed by atoms with E-state index in [-0.39, 0.29) is 0 Å². The smallest absolute Gasteiger partial charge is 0.159 e. The average Bonchev–Trinajstić information content (AvgIpc) is 2.52. The molecule has 0 amide bonds. The van der Waals surface area contributed by atoms with Crippen molar-refractivity contribution in [3.05, 3.63) is 70.8 Å². The monoisotopic (exact) mass is 306 g/mol. The molecule has 3 heteroatoms. The van der Waals surface area contributed by atoms with Gasteiger partial charge in [0.2, 0.25) is 0 Å². The highest BCUT2D eigenvalue weighted by Crippen LogP contribution is 2.27. The fourth-order valence-corrected chi connectivity index (χ4v) is 2.64. The first-order chi connectivity index (χ1) is 10.7. The van der Waals surface area contributed by atoms with E-state index in [1.165, 1.54) is 12.5 Å². The van der Waals surface area contributed by atoms with Crippen LogP contribution in [0, 0.1) is 11.6 Å². The zero-order chi connectivity index (χ0) is 15.9. The molecule has 0 spiro atoms. The van der Waals surface area contributed by atoms with Crippen LogP contribution in [0.2, 0.25) is 0 Å². The first kappa shape index (κ1) is 16.6. The van der Waals surface area contributed by atoms with Crippen LogP contribution in [0.1, 0.15) is 48.8 Å². The minimum absolute atomic E-state index is 0.465. The lowest BCUT2D eigenvalue weighted by Crippen LogP contribution is -2.05. The number of rotatable bonds is 7. The maximum Gasteiger partial charge on any atom is 0.159 e. The molecule has 0 saturated heterocycles. The minimum atomic E-state index is -0.935. The second kappa shape index (κ2) is 8.02. The first-order valence-electron chi connectivity index (χ1n) is 7.75. The molecule has 0 N–H and O–H groups in total. The van der Waals surface area contributed by atoms with Crippen molar-refractivity contribution >= 4 is 0 Å². The molecular weight excluding hydrogens is 285 g/mol. The molecule has 0 radical (unpaired) electrons. The predicted molar refractivity (Wildman–Crippen MR) is 83.8 cm³/mol. The summed E-state index contributed by atoms with van der Waals surface area (Å²) in [6.45, 7) is 1.52. The van der Waals surface area contributed by atoms with Gasteiger partial charge in [-0.2, -0.15) is 0 Å². The maximum atomic E-state index is 13.5. The van der Waals surface area contributed by atoms with Gasteiger partial charge in [-0.25, -0.2) is 8.78 Å².